The number of aryl methyl sites for hydroxylation is 1. The van der Waals surface area contributed by atoms with Crippen LogP contribution in [0, 0.1) is 54.2 Å². The van der Waals surface area contributed by atoms with Gasteiger partial charge in [0.05, 0.1) is 30.7 Å². The molecule has 1 aromatic carbocycles. The van der Waals surface area contributed by atoms with Gasteiger partial charge in [0.25, 0.3) is 0 Å². The summed E-state index contributed by atoms with van der Waals surface area (Å²) in [5.41, 5.74) is -5.43. The lowest BCUT2D eigenvalue weighted by atomic mass is 9.44. The van der Waals surface area contributed by atoms with Crippen molar-refractivity contribution in [3.05, 3.63) is 56.7 Å². The zero-order chi connectivity index (χ0) is 42.1. The largest absolute Gasteiger partial charge is 0.492 e. The lowest BCUT2D eigenvalue weighted by molar-refractivity contribution is -0.219. The van der Waals surface area contributed by atoms with Crippen LogP contribution in [0.25, 0.3) is 10.9 Å². The van der Waals surface area contributed by atoms with E-state index in [1.165, 1.54) is 19.3 Å². The highest BCUT2D eigenvalue weighted by atomic mass is 19.1. The van der Waals surface area contributed by atoms with Gasteiger partial charge in [0, 0.05) is 59.6 Å². The van der Waals surface area contributed by atoms with Crippen LogP contribution in [0.15, 0.2) is 28.6 Å². The van der Waals surface area contributed by atoms with Crippen LogP contribution in [0.5, 0.6) is 5.75 Å². The van der Waals surface area contributed by atoms with Crippen molar-refractivity contribution < 1.29 is 42.9 Å². The Morgan fingerprint density at radius 2 is 1.83 bits per heavy atom. The number of Topliss-reactive ketones (excluding diaryl/α,β-unsaturated/α-hetero) is 1. The van der Waals surface area contributed by atoms with Gasteiger partial charge in [-0.3, -0.25) is 14.4 Å². The molecular weight excluding hydrogens is 761 g/mol. The number of carbonyl (C=O) groups is 3. The van der Waals surface area contributed by atoms with Crippen LogP contribution in [0.3, 0.4) is 0 Å². The minimum Gasteiger partial charge on any atom is -0.492 e. The summed E-state index contributed by atoms with van der Waals surface area (Å²) in [6.07, 6.45) is 7.25. The Morgan fingerprint density at radius 1 is 1.08 bits per heavy atom. The van der Waals surface area contributed by atoms with Gasteiger partial charge in [-0.15, -0.1) is 0 Å². The number of aromatic nitrogens is 1. The Hall–Kier alpha value is -3.94. The predicted octanol–water partition coefficient (Wildman–Crippen LogP) is 5.75. The second-order valence-electron chi connectivity index (χ2n) is 19.3. The fraction of sp³-hybridized carbons (Fsp3) is 0.652. The van der Waals surface area contributed by atoms with Gasteiger partial charge in [-0.1, -0.05) is 25.5 Å². The van der Waals surface area contributed by atoms with E-state index in [-0.39, 0.29) is 53.0 Å². The molecule has 0 spiro atoms. The van der Waals surface area contributed by atoms with Gasteiger partial charge in [0.15, 0.2) is 28.8 Å². The van der Waals surface area contributed by atoms with Crippen molar-refractivity contribution >= 4 is 34.1 Å². The first-order chi connectivity index (χ1) is 27.9. The number of anilines is 1. The van der Waals surface area contributed by atoms with E-state index in [1.54, 1.807) is 40.7 Å². The first-order valence-corrected chi connectivity index (χ1v) is 21.6. The number of piperidine rings is 1. The third kappa shape index (κ3) is 5.44. The number of esters is 1. The number of aliphatic hydroxyl groups excluding tert-OH is 1. The maximum absolute atomic E-state index is 17.6. The van der Waals surface area contributed by atoms with Crippen LogP contribution >= 0.6 is 0 Å². The molecule has 11 nitrogen and oxygen atoms in total. The number of halogens is 2. The van der Waals surface area contributed by atoms with Crippen molar-refractivity contribution in [1.29, 1.82) is 0 Å². The molecule has 2 aromatic rings. The molecular formula is C46H57F2N3O8. The molecule has 6 fully saturated rings. The van der Waals surface area contributed by atoms with E-state index >= 15 is 8.78 Å². The number of carbonyl (C=O) groups excluding carboxylic acids is 3. The molecule has 9 rings (SSSR count). The Balaban J connectivity index is 0.985. The maximum Gasteiger partial charge on any atom is 0.343 e. The quantitative estimate of drug-likeness (QED) is 0.282. The zero-order valence-corrected chi connectivity index (χ0v) is 35.0. The highest BCUT2D eigenvalue weighted by molar-refractivity contribution is 6.02. The standard InChI is InChI=1S/C46H57F2N3O8/c1-23-18-31-30-12-9-27-19-29(52)13-15-43(27,4)45(30,48)34(54)20-44(31,5)46(23,57)33(53)14-17-59-42(56)36-25(3)51(28-10-11-28)38-35(40(36)55)24(2)37(47)39(41(38)58-6)50-21-26-8-7-16-49-32(26)22-50/h13,15,19,23,26,28,30-32,34,49,54,57H,7-12,14,16-18,20-22H2,1-6H3/t23-,26?,30-,31-,32?,34-,43-,44-,45-,46-/m0/s1. The minimum absolute atomic E-state index is 0.0349. The molecule has 0 radical (unpaired) electrons. The van der Waals surface area contributed by atoms with Gasteiger partial charge in [0.2, 0.25) is 5.43 Å². The Kier molecular flexibility index (Phi) is 9.46. The van der Waals surface area contributed by atoms with E-state index in [2.05, 4.69) is 5.32 Å². The maximum atomic E-state index is 17.6. The molecule has 13 heteroatoms. The van der Waals surface area contributed by atoms with Crippen molar-refractivity contribution in [1.82, 2.24) is 9.88 Å². The van der Waals surface area contributed by atoms with Crippen LogP contribution in [-0.2, 0) is 14.3 Å². The van der Waals surface area contributed by atoms with Gasteiger partial charge in [0.1, 0.15) is 16.9 Å². The fourth-order valence-corrected chi connectivity index (χ4v) is 13.2. The van der Waals surface area contributed by atoms with Gasteiger partial charge >= 0.3 is 5.97 Å². The number of nitrogens with one attached hydrogen (secondary N) is 1. The fourth-order valence-electron chi connectivity index (χ4n) is 13.2. The number of hydrogen-bond acceptors (Lipinski definition) is 10. The van der Waals surface area contributed by atoms with Crippen molar-refractivity contribution in [2.45, 2.75) is 122 Å². The molecule has 1 aromatic heterocycles. The average molecular weight is 818 g/mol. The van der Waals surface area contributed by atoms with E-state index in [4.69, 9.17) is 9.47 Å². The lowest BCUT2D eigenvalue weighted by Crippen LogP contribution is -2.69. The minimum atomic E-state index is -2.11. The van der Waals surface area contributed by atoms with Crippen molar-refractivity contribution in [3.63, 3.8) is 0 Å². The van der Waals surface area contributed by atoms with Crippen LogP contribution in [0.1, 0.15) is 106 Å². The molecule has 3 N–H and O–H groups in total. The van der Waals surface area contributed by atoms with Gasteiger partial charge < -0.3 is 34.5 Å². The molecule has 59 heavy (non-hydrogen) atoms. The second-order valence-corrected chi connectivity index (χ2v) is 19.3. The summed E-state index contributed by atoms with van der Waals surface area (Å²) in [6.45, 7) is 10.3. The molecule has 3 heterocycles. The molecule has 2 unspecified atom stereocenters. The highest BCUT2D eigenvalue weighted by Crippen LogP contribution is 2.71. The first kappa shape index (κ1) is 40.5. The molecule has 2 saturated heterocycles. The van der Waals surface area contributed by atoms with E-state index in [9.17, 15) is 29.4 Å². The topological polar surface area (TPSA) is 147 Å². The van der Waals surface area contributed by atoms with Gasteiger partial charge in [-0.2, -0.15) is 0 Å². The molecule has 5 aliphatic carbocycles. The average Bonchev–Trinajstić information content (AvgIpc) is 3.90. The summed E-state index contributed by atoms with van der Waals surface area (Å²) in [6, 6.07) is 0.202. The highest BCUT2D eigenvalue weighted by Gasteiger charge is 2.75. The van der Waals surface area contributed by atoms with E-state index in [0.29, 0.717) is 60.7 Å². The van der Waals surface area contributed by atoms with E-state index in [1.807, 2.05) is 9.47 Å². The zero-order valence-electron chi connectivity index (χ0n) is 35.0. The normalized spacial score (nSPS) is 37.4. The number of rotatable bonds is 8. The SMILES string of the molecule is COc1c(N2CC3CCCNC3C2)c(F)c(C)c2c(=O)c(C(=O)OCCC(=O)[C@@]3(O)[C@@H](C)C[C@H]4[C@@H]5CCC6=CC(=O)C=C[C@]6(C)[C@@]5(F)[C@@H](O)C[C@@]43C)c(C)n(C3CC3)c12. The Labute approximate surface area is 343 Å². The van der Waals surface area contributed by atoms with Crippen LogP contribution < -0.4 is 20.4 Å². The lowest BCUT2D eigenvalue weighted by Gasteiger charge is -2.62. The number of hydrogen-bond donors (Lipinski definition) is 3. The second kappa shape index (κ2) is 13.8. The number of allylic oxidation sites excluding steroid dienone is 4. The van der Waals surface area contributed by atoms with Crippen LogP contribution in [-0.4, -0.2) is 89.1 Å². The number of alkyl halides is 1. The number of pyridine rings is 1. The smallest absolute Gasteiger partial charge is 0.343 e. The molecule has 10 atom stereocenters. The first-order valence-electron chi connectivity index (χ1n) is 21.6. The van der Waals surface area contributed by atoms with E-state index < -0.39 is 75.6 Å². The van der Waals surface area contributed by atoms with Gasteiger partial charge in [-0.05, 0) is 109 Å². The van der Waals surface area contributed by atoms with Crippen LogP contribution in [0.4, 0.5) is 14.5 Å². The number of ether oxygens (including phenoxy) is 2. The molecule has 4 saturated carbocycles. The third-order valence-corrected chi connectivity index (χ3v) is 16.4. The number of nitrogens with zero attached hydrogens (tertiary/aromatic N) is 2. The van der Waals surface area contributed by atoms with Crippen molar-refractivity contribution in [2.24, 2.45) is 34.5 Å². The third-order valence-electron chi connectivity index (χ3n) is 16.4. The van der Waals surface area contributed by atoms with Crippen molar-refractivity contribution in [2.75, 3.05) is 38.3 Å². The molecule has 2 aliphatic heterocycles. The summed E-state index contributed by atoms with van der Waals surface area (Å²) in [5, 5.41) is 27.8. The number of fused-ring (bicyclic) bond motifs is 7. The van der Waals surface area contributed by atoms with Gasteiger partial charge in [-0.25, -0.2) is 13.6 Å². The van der Waals surface area contributed by atoms with Crippen molar-refractivity contribution in [3.8, 4) is 5.75 Å². The molecule has 7 aliphatic rings. The number of ketones is 2. The predicted molar refractivity (Wildman–Crippen MR) is 217 cm³/mol. The number of methoxy groups -OCH3 is 1. The molecule has 0 bridgehead atoms. The summed E-state index contributed by atoms with van der Waals surface area (Å²) < 4.78 is 47.9. The summed E-state index contributed by atoms with van der Waals surface area (Å²) in [5.74, 6) is -3.36. The summed E-state index contributed by atoms with van der Waals surface area (Å²) in [4.78, 5) is 56.9. The number of aliphatic hydroxyl groups is 2. The molecule has 0 amide bonds. The van der Waals surface area contributed by atoms with E-state index in [0.717, 1.165) is 32.2 Å². The summed E-state index contributed by atoms with van der Waals surface area (Å²) >= 11 is 0. The number of benzene rings is 1. The molecule has 318 valence electrons. The summed E-state index contributed by atoms with van der Waals surface area (Å²) in [7, 11) is 1.48. The Morgan fingerprint density at radius 3 is 2.53 bits per heavy atom. The Bertz CT molecular complexity index is 2290. The monoisotopic (exact) mass is 817 g/mol. The van der Waals surface area contributed by atoms with Crippen LogP contribution in [0.2, 0.25) is 0 Å².